The molecule has 0 nitrogen and oxygen atoms in total. The molecule has 0 N–H and O–H groups in total. The molecule has 0 amide bonds. The number of rotatable bonds is 5. The summed E-state index contributed by atoms with van der Waals surface area (Å²) < 4.78 is 0. The zero-order valence-corrected chi connectivity index (χ0v) is 7.83. The zero-order chi connectivity index (χ0) is 6.24. The molecule has 0 radical (unpaired) electrons. The van der Waals surface area contributed by atoms with Gasteiger partial charge in [-0.05, 0) is 38.5 Å². The summed E-state index contributed by atoms with van der Waals surface area (Å²) >= 11 is 0. The van der Waals surface area contributed by atoms with Crippen molar-refractivity contribution in [3.63, 3.8) is 0 Å². The molecule has 0 bridgehead atoms. The topological polar surface area (TPSA) is 0 Å². The van der Waals surface area contributed by atoms with E-state index in [1.165, 1.54) is 42.3 Å². The molecule has 0 aliphatic rings. The quantitative estimate of drug-likeness (QED) is 0.417. The van der Waals surface area contributed by atoms with E-state index < -0.39 is 0 Å². The molecule has 0 heterocycles. The van der Waals surface area contributed by atoms with Gasteiger partial charge in [0.1, 0.15) is 0 Å². The smallest absolute Gasteiger partial charge is 0.0356 e. The SMILES string of the molecule is CPCCCCPC. The summed E-state index contributed by atoms with van der Waals surface area (Å²) in [6.07, 6.45) is 5.86. The van der Waals surface area contributed by atoms with Gasteiger partial charge >= 0.3 is 0 Å². The molecule has 0 aliphatic carbocycles. The summed E-state index contributed by atoms with van der Waals surface area (Å²) in [6, 6.07) is 0. The van der Waals surface area contributed by atoms with Gasteiger partial charge in [0.15, 0.2) is 0 Å². The van der Waals surface area contributed by atoms with Crippen LogP contribution in [0.1, 0.15) is 12.8 Å². The van der Waals surface area contributed by atoms with Crippen LogP contribution in [-0.4, -0.2) is 25.7 Å². The Hall–Kier alpha value is 0.860. The van der Waals surface area contributed by atoms with Gasteiger partial charge < -0.3 is 0 Å². The van der Waals surface area contributed by atoms with Gasteiger partial charge in [0.05, 0.1) is 0 Å². The van der Waals surface area contributed by atoms with Crippen LogP contribution in [0, 0.1) is 0 Å². The predicted octanol–water partition coefficient (Wildman–Crippen LogP) is 2.38. The van der Waals surface area contributed by atoms with Crippen molar-refractivity contribution < 1.29 is 0 Å². The molecule has 0 saturated heterocycles. The van der Waals surface area contributed by atoms with Crippen LogP contribution in [0.5, 0.6) is 0 Å². The summed E-state index contributed by atoms with van der Waals surface area (Å²) in [4.78, 5) is 0. The van der Waals surface area contributed by atoms with Gasteiger partial charge in [-0.1, -0.05) is 0 Å². The van der Waals surface area contributed by atoms with E-state index in [4.69, 9.17) is 0 Å². The Bertz CT molecular complexity index is 31.5. The summed E-state index contributed by atoms with van der Waals surface area (Å²) in [5.41, 5.74) is 0. The normalized spacial score (nSPS) is 12.8. The Morgan fingerprint density at radius 3 is 1.50 bits per heavy atom. The first-order valence-corrected chi connectivity index (χ1v) is 6.62. The van der Waals surface area contributed by atoms with Crippen LogP contribution in [0.25, 0.3) is 0 Å². The average Bonchev–Trinajstić information content (AvgIpc) is 1.81. The highest BCUT2D eigenvalue weighted by atomic mass is 31.1. The fraction of sp³-hybridized carbons (Fsp3) is 1.00. The van der Waals surface area contributed by atoms with Crippen molar-refractivity contribution in [1.82, 2.24) is 0 Å². The third-order valence-corrected chi connectivity index (χ3v) is 2.81. The minimum Gasteiger partial charge on any atom is -0.125 e. The van der Waals surface area contributed by atoms with E-state index in [-0.39, 0.29) is 0 Å². The van der Waals surface area contributed by atoms with Crippen molar-refractivity contribution in [2.75, 3.05) is 25.7 Å². The van der Waals surface area contributed by atoms with Gasteiger partial charge in [-0.2, -0.15) is 0 Å². The highest BCUT2D eigenvalue weighted by Crippen LogP contribution is 2.10. The van der Waals surface area contributed by atoms with Gasteiger partial charge in [0, 0.05) is 0 Å². The molecule has 2 unspecified atom stereocenters. The number of hydrogen-bond acceptors (Lipinski definition) is 0. The highest BCUT2D eigenvalue weighted by Gasteiger charge is 1.83. The van der Waals surface area contributed by atoms with Crippen molar-refractivity contribution >= 4 is 17.2 Å². The number of hydrogen-bond donors (Lipinski definition) is 0. The van der Waals surface area contributed by atoms with Crippen molar-refractivity contribution in [2.45, 2.75) is 12.8 Å². The molecule has 0 aromatic rings. The molecule has 2 atom stereocenters. The maximum Gasteiger partial charge on any atom is -0.0356 e. The van der Waals surface area contributed by atoms with Crippen LogP contribution in [0.15, 0.2) is 0 Å². The molecule has 0 aromatic heterocycles. The molecular formula is C6H16P2. The Morgan fingerprint density at radius 2 is 1.25 bits per heavy atom. The average molecular weight is 150 g/mol. The molecule has 0 aromatic carbocycles. The van der Waals surface area contributed by atoms with Crippen LogP contribution in [0.2, 0.25) is 0 Å². The predicted molar refractivity (Wildman–Crippen MR) is 47.4 cm³/mol. The second kappa shape index (κ2) is 7.86. The van der Waals surface area contributed by atoms with Crippen LogP contribution in [0.3, 0.4) is 0 Å². The fourth-order valence-corrected chi connectivity index (χ4v) is 1.81. The van der Waals surface area contributed by atoms with Crippen molar-refractivity contribution in [1.29, 1.82) is 0 Å². The molecule has 2 heteroatoms. The lowest BCUT2D eigenvalue weighted by Gasteiger charge is -1.94. The fourth-order valence-electron chi connectivity index (χ4n) is 0.604. The Morgan fingerprint density at radius 1 is 0.875 bits per heavy atom. The standard InChI is InChI=1S/C6H16P2/c1-7-5-3-4-6-8-2/h7-8H,3-6H2,1-2H3. The molecule has 0 aliphatic heterocycles. The second-order valence-corrected chi connectivity index (χ2v) is 4.33. The molecular weight excluding hydrogens is 134 g/mol. The Kier molecular flexibility index (Phi) is 8.70. The first kappa shape index (κ1) is 8.86. The van der Waals surface area contributed by atoms with Crippen LogP contribution in [0.4, 0.5) is 0 Å². The molecule has 50 valence electrons. The second-order valence-electron chi connectivity index (χ2n) is 1.91. The molecule has 0 spiro atoms. The van der Waals surface area contributed by atoms with E-state index in [0.717, 1.165) is 0 Å². The summed E-state index contributed by atoms with van der Waals surface area (Å²) in [5, 5.41) is 0. The van der Waals surface area contributed by atoms with E-state index in [1.807, 2.05) is 0 Å². The minimum atomic E-state index is 1.17. The van der Waals surface area contributed by atoms with E-state index in [1.54, 1.807) is 0 Å². The first-order valence-electron chi connectivity index (χ1n) is 3.21. The van der Waals surface area contributed by atoms with Gasteiger partial charge in [0.25, 0.3) is 0 Å². The van der Waals surface area contributed by atoms with Gasteiger partial charge in [-0.3, -0.25) is 0 Å². The molecule has 0 saturated carbocycles. The lowest BCUT2D eigenvalue weighted by Crippen LogP contribution is -1.78. The molecule has 8 heavy (non-hydrogen) atoms. The Labute approximate surface area is 56.4 Å². The molecule has 0 fully saturated rings. The minimum absolute atomic E-state index is 1.17. The van der Waals surface area contributed by atoms with Gasteiger partial charge in [0.2, 0.25) is 0 Å². The van der Waals surface area contributed by atoms with Gasteiger partial charge in [-0.25, -0.2) is 0 Å². The maximum atomic E-state index is 2.29. The molecule has 0 rings (SSSR count). The highest BCUT2D eigenvalue weighted by molar-refractivity contribution is 7.37. The van der Waals surface area contributed by atoms with E-state index in [9.17, 15) is 0 Å². The van der Waals surface area contributed by atoms with E-state index in [0.29, 0.717) is 0 Å². The summed E-state index contributed by atoms with van der Waals surface area (Å²) in [7, 11) is 2.34. The monoisotopic (exact) mass is 150 g/mol. The lowest BCUT2D eigenvalue weighted by molar-refractivity contribution is 0.904. The first-order chi connectivity index (χ1) is 3.91. The largest absolute Gasteiger partial charge is 0.125 e. The zero-order valence-electron chi connectivity index (χ0n) is 5.83. The third kappa shape index (κ3) is 6.86. The van der Waals surface area contributed by atoms with Crippen molar-refractivity contribution in [2.24, 2.45) is 0 Å². The van der Waals surface area contributed by atoms with Crippen LogP contribution in [-0.2, 0) is 0 Å². The van der Waals surface area contributed by atoms with Crippen LogP contribution < -0.4 is 0 Å². The summed E-state index contributed by atoms with van der Waals surface area (Å²) in [5.74, 6) is 0. The maximum absolute atomic E-state index is 2.29. The van der Waals surface area contributed by atoms with E-state index >= 15 is 0 Å². The van der Waals surface area contributed by atoms with Gasteiger partial charge in [-0.15, -0.1) is 17.2 Å². The number of unbranched alkanes of at least 4 members (excludes halogenated alkanes) is 1. The van der Waals surface area contributed by atoms with Crippen LogP contribution >= 0.6 is 17.2 Å². The lowest BCUT2D eigenvalue weighted by atomic mass is 10.4. The van der Waals surface area contributed by atoms with Crippen molar-refractivity contribution in [3.8, 4) is 0 Å². The van der Waals surface area contributed by atoms with Crippen molar-refractivity contribution in [3.05, 3.63) is 0 Å². The summed E-state index contributed by atoms with van der Waals surface area (Å²) in [6.45, 7) is 4.57. The third-order valence-electron chi connectivity index (χ3n) is 1.10. The van der Waals surface area contributed by atoms with E-state index in [2.05, 4.69) is 13.3 Å². The Balaban J connectivity index is 2.53.